The summed E-state index contributed by atoms with van der Waals surface area (Å²) in [4.78, 5) is 29.2. The fourth-order valence-corrected chi connectivity index (χ4v) is 4.74. The van der Waals surface area contributed by atoms with Gasteiger partial charge in [0.25, 0.3) is 5.91 Å². The molecule has 37 heavy (non-hydrogen) atoms. The lowest BCUT2D eigenvalue weighted by Gasteiger charge is -2.40. The maximum absolute atomic E-state index is 14.0. The summed E-state index contributed by atoms with van der Waals surface area (Å²) in [6.07, 6.45) is 0. The molecule has 0 aliphatic carbocycles. The predicted molar refractivity (Wildman–Crippen MR) is 138 cm³/mol. The fraction of sp³-hybridized carbons (Fsp3) is 0.286. The fourth-order valence-electron chi connectivity index (χ4n) is 4.74. The molecule has 0 bridgehead atoms. The van der Waals surface area contributed by atoms with Crippen LogP contribution in [0.1, 0.15) is 33.4 Å². The molecule has 0 fully saturated rings. The van der Waals surface area contributed by atoms with E-state index >= 15 is 0 Å². The maximum atomic E-state index is 14.0. The molecule has 3 aromatic carbocycles. The molecule has 3 aromatic rings. The lowest BCUT2D eigenvalue weighted by Crippen LogP contribution is -2.44. The summed E-state index contributed by atoms with van der Waals surface area (Å²) in [5.41, 5.74) is 2.10. The first-order valence-corrected chi connectivity index (χ1v) is 11.6. The molecule has 0 saturated carbocycles. The molecular weight excluding hydrogens is 476 g/mol. The van der Waals surface area contributed by atoms with E-state index in [1.807, 2.05) is 18.2 Å². The molecule has 9 heteroatoms. The second-order valence-corrected chi connectivity index (χ2v) is 8.44. The number of anilines is 1. The molecule has 9 nitrogen and oxygen atoms in total. The summed E-state index contributed by atoms with van der Waals surface area (Å²) >= 11 is 0. The highest BCUT2D eigenvalue weighted by molar-refractivity contribution is 6.05. The number of hydrogen-bond acceptors (Lipinski definition) is 7. The third-order valence-corrected chi connectivity index (χ3v) is 6.57. The monoisotopic (exact) mass is 506 g/mol. The van der Waals surface area contributed by atoms with Gasteiger partial charge < -0.3 is 33.9 Å². The Balaban J connectivity index is 1.91. The van der Waals surface area contributed by atoms with Crippen LogP contribution in [-0.4, -0.2) is 59.3 Å². The van der Waals surface area contributed by atoms with Crippen LogP contribution in [0.2, 0.25) is 0 Å². The van der Waals surface area contributed by atoms with E-state index in [2.05, 4.69) is 5.32 Å². The van der Waals surface area contributed by atoms with Gasteiger partial charge in [-0.1, -0.05) is 18.2 Å². The zero-order valence-electron chi connectivity index (χ0n) is 21.7. The number of ether oxygens (including phenoxy) is 5. The van der Waals surface area contributed by atoms with Gasteiger partial charge in [-0.05, 0) is 47.5 Å². The van der Waals surface area contributed by atoms with Gasteiger partial charge in [-0.2, -0.15) is 0 Å². The van der Waals surface area contributed by atoms with Crippen molar-refractivity contribution in [3.05, 3.63) is 71.3 Å². The number of carbonyl (C=O) groups excluding carboxylic acids is 2. The number of nitrogens with one attached hydrogen (secondary N) is 1. The van der Waals surface area contributed by atoms with Gasteiger partial charge in [-0.3, -0.25) is 9.59 Å². The van der Waals surface area contributed by atoms with Crippen molar-refractivity contribution >= 4 is 17.5 Å². The minimum Gasteiger partial charge on any atom is -0.495 e. The van der Waals surface area contributed by atoms with Gasteiger partial charge in [0.05, 0.1) is 53.2 Å². The molecule has 1 aliphatic heterocycles. The van der Waals surface area contributed by atoms with Crippen LogP contribution in [0.3, 0.4) is 0 Å². The molecule has 1 aliphatic rings. The molecular formula is C28H30N2O7. The predicted octanol–water partition coefficient (Wildman–Crippen LogP) is 4.28. The van der Waals surface area contributed by atoms with E-state index in [-0.39, 0.29) is 11.8 Å². The number of methoxy groups -OCH3 is 5. The smallest absolute Gasteiger partial charge is 0.254 e. The molecule has 0 aromatic heterocycles. The zero-order chi connectivity index (χ0) is 26.7. The molecule has 2 amide bonds. The lowest BCUT2D eigenvalue weighted by atomic mass is 9.79. The van der Waals surface area contributed by atoms with Crippen molar-refractivity contribution < 1.29 is 33.3 Å². The number of benzene rings is 3. The average Bonchev–Trinajstić information content (AvgIpc) is 2.93. The Hall–Kier alpha value is -4.40. The van der Waals surface area contributed by atoms with E-state index in [9.17, 15) is 9.59 Å². The van der Waals surface area contributed by atoms with E-state index in [0.29, 0.717) is 51.1 Å². The number of fused-ring (bicyclic) bond motifs is 1. The molecule has 1 N–H and O–H groups in total. The van der Waals surface area contributed by atoms with Crippen molar-refractivity contribution in [3.63, 3.8) is 0 Å². The summed E-state index contributed by atoms with van der Waals surface area (Å²) in [6.45, 7) is 0. The molecule has 0 unspecified atom stereocenters. The standard InChI is InChI=1S/C28H30N2O7/c1-30-26(16-11-12-21(34-3)22(13-16)35-4)25(27(31)29-19-9-7-8-10-20(19)33-2)17-14-23(36-5)24(37-6)15-18(17)28(30)32/h7-15,25-26H,1-6H3,(H,29,31)/t25-,26-/m1/s1. The highest BCUT2D eigenvalue weighted by Gasteiger charge is 2.44. The van der Waals surface area contributed by atoms with Crippen LogP contribution in [-0.2, 0) is 4.79 Å². The summed E-state index contributed by atoms with van der Waals surface area (Å²) in [7, 11) is 9.31. The number of likely N-dealkylation sites (N-methyl/N-ethyl adjacent to an activating group) is 1. The topological polar surface area (TPSA) is 95.6 Å². The summed E-state index contributed by atoms with van der Waals surface area (Å²) in [6, 6.07) is 15.2. The molecule has 0 spiro atoms. The molecule has 1 heterocycles. The molecule has 4 rings (SSSR count). The van der Waals surface area contributed by atoms with E-state index < -0.39 is 12.0 Å². The van der Waals surface area contributed by atoms with Gasteiger partial charge in [-0.15, -0.1) is 0 Å². The Morgan fingerprint density at radius 3 is 2.00 bits per heavy atom. The SMILES string of the molecule is COc1ccccc1NC(=O)[C@@H]1c2cc(OC)c(OC)cc2C(=O)N(C)[C@@H]1c1ccc(OC)c(OC)c1. The van der Waals surface area contributed by atoms with Crippen LogP contribution in [0.4, 0.5) is 5.69 Å². The van der Waals surface area contributed by atoms with Crippen molar-refractivity contribution in [1.82, 2.24) is 4.90 Å². The van der Waals surface area contributed by atoms with Gasteiger partial charge in [0, 0.05) is 12.6 Å². The maximum Gasteiger partial charge on any atom is 0.254 e. The van der Waals surface area contributed by atoms with E-state index in [4.69, 9.17) is 23.7 Å². The minimum atomic E-state index is -0.805. The highest BCUT2D eigenvalue weighted by atomic mass is 16.5. The third-order valence-electron chi connectivity index (χ3n) is 6.57. The molecule has 0 saturated heterocycles. The van der Waals surface area contributed by atoms with Crippen LogP contribution in [0.5, 0.6) is 28.7 Å². The summed E-state index contributed by atoms with van der Waals surface area (Å²) in [5.74, 6) is 0.984. The molecule has 0 radical (unpaired) electrons. The van der Waals surface area contributed by atoms with E-state index in [0.717, 1.165) is 0 Å². The Morgan fingerprint density at radius 1 is 0.757 bits per heavy atom. The number of nitrogens with zero attached hydrogens (tertiary/aromatic N) is 1. The number of amides is 2. The van der Waals surface area contributed by atoms with E-state index in [1.165, 1.54) is 28.4 Å². The first-order chi connectivity index (χ1) is 17.9. The normalized spacial score (nSPS) is 16.5. The van der Waals surface area contributed by atoms with Crippen LogP contribution < -0.4 is 29.0 Å². The van der Waals surface area contributed by atoms with Crippen LogP contribution >= 0.6 is 0 Å². The largest absolute Gasteiger partial charge is 0.495 e. The zero-order valence-corrected chi connectivity index (χ0v) is 21.7. The lowest BCUT2D eigenvalue weighted by molar-refractivity contribution is -0.119. The Bertz CT molecular complexity index is 1320. The Morgan fingerprint density at radius 2 is 1.35 bits per heavy atom. The number of hydrogen-bond donors (Lipinski definition) is 1. The second-order valence-electron chi connectivity index (χ2n) is 8.44. The summed E-state index contributed by atoms with van der Waals surface area (Å²) in [5, 5.41) is 2.99. The second kappa shape index (κ2) is 10.7. The average molecular weight is 507 g/mol. The Labute approximate surface area is 215 Å². The summed E-state index contributed by atoms with van der Waals surface area (Å²) < 4.78 is 27.3. The van der Waals surface area contributed by atoms with Gasteiger partial charge in [-0.25, -0.2) is 0 Å². The van der Waals surface area contributed by atoms with E-state index in [1.54, 1.807) is 55.5 Å². The van der Waals surface area contributed by atoms with Crippen LogP contribution in [0.25, 0.3) is 0 Å². The van der Waals surface area contributed by atoms with Crippen molar-refractivity contribution in [2.75, 3.05) is 47.9 Å². The van der Waals surface area contributed by atoms with Crippen LogP contribution in [0, 0.1) is 0 Å². The van der Waals surface area contributed by atoms with Crippen molar-refractivity contribution in [2.24, 2.45) is 0 Å². The van der Waals surface area contributed by atoms with Gasteiger partial charge in [0.1, 0.15) is 5.75 Å². The first kappa shape index (κ1) is 25.7. The highest BCUT2D eigenvalue weighted by Crippen LogP contribution is 2.47. The third kappa shape index (κ3) is 4.60. The minimum absolute atomic E-state index is 0.253. The Kier molecular flexibility index (Phi) is 7.42. The quantitative estimate of drug-likeness (QED) is 0.487. The van der Waals surface area contributed by atoms with Crippen LogP contribution in [0.15, 0.2) is 54.6 Å². The number of para-hydroxylation sites is 2. The van der Waals surface area contributed by atoms with Crippen molar-refractivity contribution in [2.45, 2.75) is 12.0 Å². The number of carbonyl (C=O) groups is 2. The molecule has 194 valence electrons. The van der Waals surface area contributed by atoms with Crippen molar-refractivity contribution in [1.29, 1.82) is 0 Å². The molecule has 2 atom stereocenters. The van der Waals surface area contributed by atoms with Gasteiger partial charge in [0.2, 0.25) is 5.91 Å². The van der Waals surface area contributed by atoms with Gasteiger partial charge >= 0.3 is 0 Å². The van der Waals surface area contributed by atoms with Gasteiger partial charge in [0.15, 0.2) is 23.0 Å². The number of rotatable bonds is 8. The van der Waals surface area contributed by atoms with Crippen molar-refractivity contribution in [3.8, 4) is 28.7 Å². The first-order valence-electron chi connectivity index (χ1n) is 11.6.